The van der Waals surface area contributed by atoms with Crippen LogP contribution in [0.4, 0.5) is 11.4 Å². The van der Waals surface area contributed by atoms with Crippen molar-refractivity contribution in [1.82, 2.24) is 4.90 Å². The second kappa shape index (κ2) is 8.88. The lowest BCUT2D eigenvalue weighted by atomic mass is 10.2. The SMILES string of the molecule is CCN1C(=C2SC(=Nc3ccccc3C)N(Cc3ccccc3)C2=O)Sc2ccccc21. The Morgan fingerprint density at radius 2 is 1.56 bits per heavy atom. The highest BCUT2D eigenvalue weighted by atomic mass is 32.2. The molecule has 0 aliphatic carbocycles. The van der Waals surface area contributed by atoms with Crippen LogP contribution in [0.1, 0.15) is 18.1 Å². The van der Waals surface area contributed by atoms with E-state index in [1.807, 2.05) is 78.6 Å². The number of amidine groups is 1. The van der Waals surface area contributed by atoms with Gasteiger partial charge in [-0.25, -0.2) is 4.99 Å². The average Bonchev–Trinajstić information content (AvgIpc) is 3.33. The third-order valence-electron chi connectivity index (χ3n) is 5.50. The molecule has 0 aromatic heterocycles. The number of carbonyl (C=O) groups is 1. The van der Waals surface area contributed by atoms with Gasteiger partial charge >= 0.3 is 0 Å². The van der Waals surface area contributed by atoms with E-state index < -0.39 is 0 Å². The molecule has 6 heteroatoms. The van der Waals surface area contributed by atoms with Gasteiger partial charge < -0.3 is 4.90 Å². The monoisotopic (exact) mass is 457 g/mol. The highest BCUT2D eigenvalue weighted by Gasteiger charge is 2.39. The number of amides is 1. The van der Waals surface area contributed by atoms with Crippen molar-refractivity contribution < 1.29 is 4.79 Å². The third kappa shape index (κ3) is 3.85. The number of aryl methyl sites for hydroxylation is 1. The number of fused-ring (bicyclic) bond motifs is 1. The van der Waals surface area contributed by atoms with Crippen LogP contribution in [0.5, 0.6) is 0 Å². The quantitative estimate of drug-likeness (QED) is 0.416. The van der Waals surface area contributed by atoms with E-state index in [0.29, 0.717) is 6.54 Å². The Hall–Kier alpha value is -2.96. The van der Waals surface area contributed by atoms with Crippen molar-refractivity contribution in [2.45, 2.75) is 25.3 Å². The first-order valence-electron chi connectivity index (χ1n) is 10.6. The number of para-hydroxylation sites is 2. The van der Waals surface area contributed by atoms with Gasteiger partial charge in [0, 0.05) is 11.4 Å². The van der Waals surface area contributed by atoms with Gasteiger partial charge in [0.25, 0.3) is 5.91 Å². The van der Waals surface area contributed by atoms with Crippen LogP contribution < -0.4 is 4.90 Å². The topological polar surface area (TPSA) is 35.9 Å². The molecule has 1 amide bonds. The van der Waals surface area contributed by atoms with Crippen molar-refractivity contribution in [3.63, 3.8) is 0 Å². The van der Waals surface area contributed by atoms with E-state index in [1.54, 1.807) is 11.8 Å². The van der Waals surface area contributed by atoms with Crippen molar-refractivity contribution in [2.75, 3.05) is 11.4 Å². The molecule has 1 fully saturated rings. The van der Waals surface area contributed by atoms with Crippen LogP contribution in [-0.2, 0) is 11.3 Å². The maximum atomic E-state index is 13.7. The van der Waals surface area contributed by atoms with Crippen molar-refractivity contribution in [2.24, 2.45) is 4.99 Å². The van der Waals surface area contributed by atoms with Crippen LogP contribution >= 0.6 is 23.5 Å². The molecule has 32 heavy (non-hydrogen) atoms. The van der Waals surface area contributed by atoms with Crippen molar-refractivity contribution in [1.29, 1.82) is 0 Å². The summed E-state index contributed by atoms with van der Waals surface area (Å²) in [4.78, 5) is 24.6. The molecule has 5 rings (SSSR count). The zero-order chi connectivity index (χ0) is 22.1. The molecule has 0 radical (unpaired) electrons. The molecule has 0 atom stereocenters. The minimum absolute atomic E-state index is 0.0138. The second-order valence-electron chi connectivity index (χ2n) is 7.61. The summed E-state index contributed by atoms with van der Waals surface area (Å²) in [5.74, 6) is 0.0138. The molecule has 0 N–H and O–H groups in total. The van der Waals surface area contributed by atoms with E-state index in [9.17, 15) is 4.79 Å². The Kier molecular flexibility index (Phi) is 5.81. The van der Waals surface area contributed by atoms with Gasteiger partial charge in [-0.15, -0.1) is 0 Å². The van der Waals surface area contributed by atoms with Crippen LogP contribution in [0.15, 0.2) is 98.7 Å². The van der Waals surface area contributed by atoms with Gasteiger partial charge in [-0.1, -0.05) is 72.4 Å². The molecular weight excluding hydrogens is 434 g/mol. The lowest BCUT2D eigenvalue weighted by Crippen LogP contribution is -2.29. The molecule has 160 valence electrons. The Balaban J connectivity index is 1.58. The molecule has 0 spiro atoms. The number of aliphatic imine (C=N–C) groups is 1. The molecule has 0 saturated carbocycles. The summed E-state index contributed by atoms with van der Waals surface area (Å²) in [6, 6.07) is 26.5. The fourth-order valence-corrected chi connectivity index (χ4v) is 6.22. The molecule has 3 aromatic rings. The smallest absolute Gasteiger partial charge is 0.269 e. The van der Waals surface area contributed by atoms with E-state index in [4.69, 9.17) is 4.99 Å². The number of hydrogen-bond donors (Lipinski definition) is 0. The minimum Gasteiger partial charge on any atom is -0.334 e. The number of rotatable bonds is 4. The van der Waals surface area contributed by atoms with E-state index >= 15 is 0 Å². The normalized spacial score (nSPS) is 19.2. The molecule has 0 unspecified atom stereocenters. The fourth-order valence-electron chi connectivity index (χ4n) is 3.83. The Morgan fingerprint density at radius 3 is 2.34 bits per heavy atom. The summed E-state index contributed by atoms with van der Waals surface area (Å²) in [7, 11) is 0. The van der Waals surface area contributed by atoms with E-state index in [-0.39, 0.29) is 5.91 Å². The lowest BCUT2D eigenvalue weighted by molar-refractivity contribution is -0.122. The number of nitrogens with zero attached hydrogens (tertiary/aromatic N) is 3. The molecule has 0 bridgehead atoms. The molecule has 4 nitrogen and oxygen atoms in total. The van der Waals surface area contributed by atoms with Crippen molar-refractivity contribution >= 4 is 46.0 Å². The molecule has 2 heterocycles. The summed E-state index contributed by atoms with van der Waals surface area (Å²) < 4.78 is 0. The molecular formula is C26H23N3OS2. The number of thioether (sulfide) groups is 2. The zero-order valence-electron chi connectivity index (χ0n) is 18.0. The number of benzene rings is 3. The summed E-state index contributed by atoms with van der Waals surface area (Å²) in [5.41, 5.74) is 4.23. The van der Waals surface area contributed by atoms with Crippen LogP contribution in [-0.4, -0.2) is 22.5 Å². The summed E-state index contributed by atoms with van der Waals surface area (Å²) >= 11 is 3.15. The minimum atomic E-state index is 0.0138. The third-order valence-corrected chi connectivity index (χ3v) is 7.88. The zero-order valence-corrected chi connectivity index (χ0v) is 19.6. The maximum Gasteiger partial charge on any atom is 0.269 e. The highest BCUT2D eigenvalue weighted by molar-refractivity contribution is 8.19. The van der Waals surface area contributed by atoms with Crippen LogP contribution in [0.3, 0.4) is 0 Å². The number of carbonyl (C=O) groups excluding carboxylic acids is 1. The molecule has 2 aliphatic heterocycles. The molecule has 3 aromatic carbocycles. The van der Waals surface area contributed by atoms with Gasteiger partial charge in [-0.3, -0.25) is 9.69 Å². The predicted octanol–water partition coefficient (Wildman–Crippen LogP) is 6.56. The Labute approximate surface area is 197 Å². The van der Waals surface area contributed by atoms with Gasteiger partial charge in [0.1, 0.15) is 9.93 Å². The highest BCUT2D eigenvalue weighted by Crippen LogP contribution is 2.50. The summed E-state index contributed by atoms with van der Waals surface area (Å²) in [6.07, 6.45) is 0. The molecule has 1 saturated heterocycles. The van der Waals surface area contributed by atoms with E-state index in [2.05, 4.69) is 24.0 Å². The first-order chi connectivity index (χ1) is 15.7. The first kappa shape index (κ1) is 20.9. The largest absolute Gasteiger partial charge is 0.334 e. The Morgan fingerprint density at radius 1 is 0.844 bits per heavy atom. The summed E-state index contributed by atoms with van der Waals surface area (Å²) in [5, 5.41) is 1.72. The van der Waals surface area contributed by atoms with Gasteiger partial charge in [0.05, 0.1) is 17.9 Å². The maximum absolute atomic E-state index is 13.7. The van der Waals surface area contributed by atoms with Gasteiger partial charge in [-0.05, 0) is 54.9 Å². The predicted molar refractivity (Wildman–Crippen MR) is 135 cm³/mol. The number of anilines is 1. The van der Waals surface area contributed by atoms with Crippen LogP contribution in [0.2, 0.25) is 0 Å². The number of hydrogen-bond acceptors (Lipinski definition) is 5. The van der Waals surface area contributed by atoms with Gasteiger partial charge in [0.2, 0.25) is 0 Å². The Bertz CT molecular complexity index is 1240. The summed E-state index contributed by atoms with van der Waals surface area (Å²) in [6.45, 7) is 5.47. The van der Waals surface area contributed by atoms with Crippen LogP contribution in [0.25, 0.3) is 0 Å². The van der Waals surface area contributed by atoms with Crippen molar-refractivity contribution in [3.05, 3.63) is 99.9 Å². The fraction of sp³-hybridized carbons (Fsp3) is 0.154. The van der Waals surface area contributed by atoms with Gasteiger partial charge in [0.15, 0.2) is 5.17 Å². The second-order valence-corrected chi connectivity index (χ2v) is 9.62. The van der Waals surface area contributed by atoms with Crippen molar-refractivity contribution in [3.8, 4) is 0 Å². The van der Waals surface area contributed by atoms with Crippen LogP contribution in [0, 0.1) is 6.92 Å². The van der Waals surface area contributed by atoms with Gasteiger partial charge in [-0.2, -0.15) is 0 Å². The first-order valence-corrected chi connectivity index (χ1v) is 12.3. The average molecular weight is 458 g/mol. The molecule has 2 aliphatic rings. The lowest BCUT2D eigenvalue weighted by Gasteiger charge is -2.19. The standard InChI is InChI=1S/C26H23N3OS2/c1-3-28-21-15-9-10-16-22(21)31-25(28)23-24(30)29(17-19-12-5-4-6-13-19)26(32-23)27-20-14-8-7-11-18(20)2/h4-16H,3,17H2,1-2H3. The van der Waals surface area contributed by atoms with E-state index in [1.165, 1.54) is 16.7 Å². The van der Waals surface area contributed by atoms with E-state index in [0.717, 1.165) is 44.1 Å².